The molecule has 0 aliphatic carbocycles. The Hall–Kier alpha value is -3.41. The van der Waals surface area contributed by atoms with Crippen molar-refractivity contribution in [2.45, 2.75) is 0 Å². The van der Waals surface area contributed by atoms with Crippen LogP contribution in [-0.4, -0.2) is 35.5 Å². The minimum atomic E-state index is 0.657. The molecule has 0 fully saturated rings. The molecule has 0 aliphatic heterocycles. The molecule has 6 nitrogen and oxygen atoms in total. The summed E-state index contributed by atoms with van der Waals surface area (Å²) in [6.07, 6.45) is 0. The Morgan fingerprint density at radius 2 is 1.07 bits per heavy atom. The molecule has 4 rings (SSSR count). The topological polar surface area (TPSA) is 50.0 Å². The summed E-state index contributed by atoms with van der Waals surface area (Å²) in [7, 11) is 10.2. The standard InChI is InChI=1S/C23H24NO5/c1-24-22-14(8-7-13-9-18(25-2)19(26-3)10-15(13)22)16-11-20(27-4)21(28-5)12-17(16)23(24)29-6/h7-12H,1-6H3/q+1. The lowest BCUT2D eigenvalue weighted by molar-refractivity contribution is -0.648. The van der Waals surface area contributed by atoms with Crippen LogP contribution in [0.25, 0.3) is 32.4 Å². The van der Waals surface area contributed by atoms with Crippen LogP contribution in [0.4, 0.5) is 0 Å². The zero-order valence-electron chi connectivity index (χ0n) is 17.5. The van der Waals surface area contributed by atoms with Crippen LogP contribution >= 0.6 is 0 Å². The second kappa shape index (κ2) is 7.20. The van der Waals surface area contributed by atoms with Crippen molar-refractivity contribution in [1.29, 1.82) is 0 Å². The lowest BCUT2D eigenvalue weighted by Gasteiger charge is -2.14. The molecule has 1 aromatic heterocycles. The van der Waals surface area contributed by atoms with E-state index in [1.54, 1.807) is 35.5 Å². The van der Waals surface area contributed by atoms with E-state index in [9.17, 15) is 0 Å². The number of ether oxygens (including phenoxy) is 5. The minimum absolute atomic E-state index is 0.657. The molecular weight excluding hydrogens is 370 g/mol. The lowest BCUT2D eigenvalue weighted by Crippen LogP contribution is -2.31. The second-order valence-corrected chi connectivity index (χ2v) is 6.71. The summed E-state index contributed by atoms with van der Waals surface area (Å²) >= 11 is 0. The van der Waals surface area contributed by atoms with E-state index in [1.807, 2.05) is 31.3 Å². The van der Waals surface area contributed by atoms with E-state index in [4.69, 9.17) is 23.7 Å². The van der Waals surface area contributed by atoms with Crippen LogP contribution in [0.3, 0.4) is 0 Å². The summed E-state index contributed by atoms with van der Waals surface area (Å²) in [6.45, 7) is 0. The van der Waals surface area contributed by atoms with Crippen molar-refractivity contribution in [3.63, 3.8) is 0 Å². The van der Waals surface area contributed by atoms with Gasteiger partial charge in [0, 0.05) is 11.5 Å². The molecule has 0 bridgehead atoms. The van der Waals surface area contributed by atoms with E-state index in [0.717, 1.165) is 38.3 Å². The predicted molar refractivity (Wildman–Crippen MR) is 113 cm³/mol. The fraction of sp³-hybridized carbons (Fsp3) is 0.261. The SMILES string of the molecule is COc1cc2ccc3c4cc(OC)c(OC)cc4c(OC)[n+](C)c3c2cc1OC. The molecule has 1 heterocycles. The first-order valence-electron chi connectivity index (χ1n) is 9.18. The number of aromatic nitrogens is 1. The Bertz CT molecular complexity index is 1250. The number of nitrogens with zero attached hydrogens (tertiary/aromatic N) is 1. The molecule has 6 heteroatoms. The highest BCUT2D eigenvalue weighted by Crippen LogP contribution is 2.41. The van der Waals surface area contributed by atoms with Gasteiger partial charge in [0.15, 0.2) is 23.0 Å². The molecule has 4 aromatic rings. The van der Waals surface area contributed by atoms with Crippen LogP contribution in [0.15, 0.2) is 36.4 Å². The molecule has 0 N–H and O–H groups in total. The molecule has 0 saturated carbocycles. The average Bonchev–Trinajstić information content (AvgIpc) is 2.76. The van der Waals surface area contributed by atoms with Crippen LogP contribution < -0.4 is 28.3 Å². The molecule has 0 atom stereocenters. The third-order valence-corrected chi connectivity index (χ3v) is 5.37. The van der Waals surface area contributed by atoms with E-state index in [-0.39, 0.29) is 0 Å². The molecule has 0 radical (unpaired) electrons. The van der Waals surface area contributed by atoms with Gasteiger partial charge in [-0.25, -0.2) is 0 Å². The maximum atomic E-state index is 5.80. The van der Waals surface area contributed by atoms with Crippen LogP contribution in [0.5, 0.6) is 28.9 Å². The van der Waals surface area contributed by atoms with Crippen LogP contribution in [0.2, 0.25) is 0 Å². The first-order valence-corrected chi connectivity index (χ1v) is 9.18. The first kappa shape index (κ1) is 18.9. The van der Waals surface area contributed by atoms with Gasteiger partial charge in [0.2, 0.25) is 5.52 Å². The van der Waals surface area contributed by atoms with Gasteiger partial charge in [0.25, 0.3) is 0 Å². The van der Waals surface area contributed by atoms with Gasteiger partial charge in [-0.2, -0.15) is 4.57 Å². The highest BCUT2D eigenvalue weighted by atomic mass is 16.5. The normalized spacial score (nSPS) is 11.1. The van der Waals surface area contributed by atoms with Gasteiger partial charge in [0.05, 0.1) is 51.7 Å². The molecule has 0 saturated heterocycles. The number of hydrogen-bond donors (Lipinski definition) is 0. The van der Waals surface area contributed by atoms with Gasteiger partial charge in [-0.1, -0.05) is 6.07 Å². The highest BCUT2D eigenvalue weighted by molar-refractivity contribution is 6.15. The van der Waals surface area contributed by atoms with Crippen molar-refractivity contribution in [3.8, 4) is 28.9 Å². The van der Waals surface area contributed by atoms with Gasteiger partial charge >= 0.3 is 5.88 Å². The fourth-order valence-corrected chi connectivity index (χ4v) is 4.02. The van der Waals surface area contributed by atoms with Gasteiger partial charge in [-0.05, 0) is 29.7 Å². The Labute approximate surface area is 169 Å². The van der Waals surface area contributed by atoms with Crippen LogP contribution in [0, 0.1) is 0 Å². The number of aryl methyl sites for hydroxylation is 1. The summed E-state index contributed by atoms with van der Waals surface area (Å²) in [5.41, 5.74) is 1.03. The number of benzene rings is 3. The Morgan fingerprint density at radius 1 is 0.552 bits per heavy atom. The van der Waals surface area contributed by atoms with E-state index in [1.165, 1.54) is 0 Å². The number of pyridine rings is 1. The molecule has 0 spiro atoms. The van der Waals surface area contributed by atoms with Gasteiger partial charge in [-0.3, -0.25) is 0 Å². The molecule has 150 valence electrons. The van der Waals surface area contributed by atoms with Crippen molar-refractivity contribution in [1.82, 2.24) is 0 Å². The fourth-order valence-electron chi connectivity index (χ4n) is 4.02. The van der Waals surface area contributed by atoms with E-state index in [2.05, 4.69) is 16.7 Å². The number of rotatable bonds is 5. The number of fused-ring (bicyclic) bond motifs is 5. The van der Waals surface area contributed by atoms with Crippen LogP contribution in [0.1, 0.15) is 0 Å². The zero-order chi connectivity index (χ0) is 20.7. The smallest absolute Gasteiger partial charge is 0.376 e. The molecule has 0 unspecified atom stereocenters. The van der Waals surface area contributed by atoms with Crippen LogP contribution in [-0.2, 0) is 7.05 Å². The van der Waals surface area contributed by atoms with Crippen molar-refractivity contribution in [2.75, 3.05) is 35.5 Å². The van der Waals surface area contributed by atoms with E-state index in [0.29, 0.717) is 23.0 Å². The van der Waals surface area contributed by atoms with Crippen molar-refractivity contribution >= 4 is 32.4 Å². The van der Waals surface area contributed by atoms with E-state index >= 15 is 0 Å². The maximum absolute atomic E-state index is 5.80. The molecule has 0 amide bonds. The van der Waals surface area contributed by atoms with Gasteiger partial charge < -0.3 is 23.7 Å². The molecule has 29 heavy (non-hydrogen) atoms. The van der Waals surface area contributed by atoms with E-state index < -0.39 is 0 Å². The van der Waals surface area contributed by atoms with Crippen molar-refractivity contribution in [3.05, 3.63) is 36.4 Å². The first-order chi connectivity index (χ1) is 14.1. The Kier molecular flexibility index (Phi) is 4.70. The van der Waals surface area contributed by atoms with Gasteiger partial charge in [0.1, 0.15) is 7.05 Å². The highest BCUT2D eigenvalue weighted by Gasteiger charge is 2.24. The molecule has 3 aromatic carbocycles. The summed E-state index contributed by atoms with van der Waals surface area (Å²) in [6, 6.07) is 12.1. The van der Waals surface area contributed by atoms with Crippen molar-refractivity contribution < 1.29 is 28.3 Å². The predicted octanol–water partition coefficient (Wildman–Crippen LogP) is 4.01. The number of hydrogen-bond acceptors (Lipinski definition) is 5. The third-order valence-electron chi connectivity index (χ3n) is 5.37. The summed E-state index contributed by atoms with van der Waals surface area (Å²) < 4.78 is 29.9. The maximum Gasteiger partial charge on any atom is 0.376 e. The molecular formula is C23H24NO5+. The quantitative estimate of drug-likeness (QED) is 0.378. The summed E-state index contributed by atoms with van der Waals surface area (Å²) in [4.78, 5) is 0. The number of methoxy groups -OCH3 is 5. The minimum Gasteiger partial charge on any atom is -0.493 e. The van der Waals surface area contributed by atoms with Gasteiger partial charge in [-0.15, -0.1) is 0 Å². The lowest BCUT2D eigenvalue weighted by atomic mass is 9.99. The Morgan fingerprint density at radius 3 is 1.62 bits per heavy atom. The monoisotopic (exact) mass is 394 g/mol. The summed E-state index contributed by atoms with van der Waals surface area (Å²) in [5.74, 6) is 3.44. The third kappa shape index (κ3) is 2.75. The second-order valence-electron chi connectivity index (χ2n) is 6.71. The largest absolute Gasteiger partial charge is 0.493 e. The summed E-state index contributed by atoms with van der Waals surface area (Å²) in [5, 5.41) is 5.12. The zero-order valence-corrected chi connectivity index (χ0v) is 17.5. The Balaban J connectivity index is 2.23. The molecule has 0 aliphatic rings. The average molecular weight is 394 g/mol. The van der Waals surface area contributed by atoms with Crippen molar-refractivity contribution in [2.24, 2.45) is 7.05 Å².